The lowest BCUT2D eigenvalue weighted by Crippen LogP contribution is -2.50. The maximum absolute atomic E-state index is 11.2. The van der Waals surface area contributed by atoms with E-state index in [1.165, 1.54) is 44.9 Å². The molecule has 2 aliphatic rings. The first-order valence-electron chi connectivity index (χ1n) is 8.10. The highest BCUT2D eigenvalue weighted by Gasteiger charge is 2.48. The van der Waals surface area contributed by atoms with Gasteiger partial charge in [-0.1, -0.05) is 47.0 Å². The molecule has 4 unspecified atom stereocenters. The van der Waals surface area contributed by atoms with Gasteiger partial charge in [-0.15, -0.1) is 0 Å². The van der Waals surface area contributed by atoms with Crippen LogP contribution in [-0.2, 0) is 0 Å². The van der Waals surface area contributed by atoms with Crippen LogP contribution in [0.4, 0.5) is 0 Å². The molecule has 0 amide bonds. The molecular weight excluding hydrogens is 220 g/mol. The summed E-state index contributed by atoms with van der Waals surface area (Å²) in [5.74, 6) is 1.92. The third-order valence-electron chi connectivity index (χ3n) is 5.98. The first kappa shape index (κ1) is 14.4. The zero-order valence-corrected chi connectivity index (χ0v) is 12.8. The van der Waals surface area contributed by atoms with Crippen molar-refractivity contribution in [1.29, 1.82) is 0 Å². The molecule has 1 nitrogen and oxygen atoms in total. The summed E-state index contributed by atoms with van der Waals surface area (Å²) in [7, 11) is 0. The maximum Gasteiger partial charge on any atom is 0.0701 e. The van der Waals surface area contributed by atoms with E-state index in [-0.39, 0.29) is 5.60 Å². The number of hydrogen-bond acceptors (Lipinski definition) is 1. The molecule has 106 valence electrons. The van der Waals surface area contributed by atoms with E-state index in [9.17, 15) is 5.11 Å². The second-order valence-electron chi connectivity index (χ2n) is 7.90. The summed E-state index contributed by atoms with van der Waals surface area (Å²) in [4.78, 5) is 0. The van der Waals surface area contributed by atoms with Crippen LogP contribution in [-0.4, -0.2) is 10.7 Å². The van der Waals surface area contributed by atoms with Crippen molar-refractivity contribution < 1.29 is 5.11 Å². The van der Waals surface area contributed by atoms with Gasteiger partial charge in [0.15, 0.2) is 0 Å². The van der Waals surface area contributed by atoms with E-state index in [2.05, 4.69) is 27.7 Å². The molecule has 0 saturated heterocycles. The van der Waals surface area contributed by atoms with Crippen LogP contribution in [0.3, 0.4) is 0 Å². The Morgan fingerprint density at radius 3 is 2.50 bits per heavy atom. The molecule has 4 atom stereocenters. The molecule has 0 aromatic carbocycles. The van der Waals surface area contributed by atoms with Crippen LogP contribution in [0.1, 0.15) is 79.1 Å². The first-order chi connectivity index (χ1) is 8.37. The van der Waals surface area contributed by atoms with E-state index >= 15 is 0 Å². The molecule has 0 aromatic rings. The van der Waals surface area contributed by atoms with E-state index < -0.39 is 0 Å². The van der Waals surface area contributed by atoms with Crippen molar-refractivity contribution in [3.05, 3.63) is 0 Å². The zero-order valence-electron chi connectivity index (χ0n) is 12.8. The fourth-order valence-electron chi connectivity index (χ4n) is 4.62. The topological polar surface area (TPSA) is 20.2 Å². The summed E-state index contributed by atoms with van der Waals surface area (Å²) in [6.07, 6.45) is 9.98. The fraction of sp³-hybridized carbons (Fsp3) is 1.00. The Morgan fingerprint density at radius 2 is 1.89 bits per heavy atom. The molecule has 2 rings (SSSR count). The van der Waals surface area contributed by atoms with Crippen molar-refractivity contribution in [2.24, 2.45) is 23.2 Å². The van der Waals surface area contributed by atoms with Crippen LogP contribution >= 0.6 is 0 Å². The minimum absolute atomic E-state index is 0.358. The monoisotopic (exact) mass is 252 g/mol. The first-order valence-corrected chi connectivity index (χ1v) is 8.10. The largest absolute Gasteiger partial charge is 0.389 e. The van der Waals surface area contributed by atoms with Gasteiger partial charge in [0, 0.05) is 0 Å². The maximum atomic E-state index is 11.2. The van der Waals surface area contributed by atoms with E-state index in [1.807, 2.05) is 0 Å². The molecule has 0 aromatic heterocycles. The van der Waals surface area contributed by atoms with Gasteiger partial charge < -0.3 is 5.11 Å². The third kappa shape index (κ3) is 2.76. The fourth-order valence-corrected chi connectivity index (χ4v) is 4.62. The predicted octanol–water partition coefficient (Wildman–Crippen LogP) is 4.78. The highest BCUT2D eigenvalue weighted by molar-refractivity contribution is 4.99. The van der Waals surface area contributed by atoms with Gasteiger partial charge in [0.05, 0.1) is 5.60 Å². The smallest absolute Gasteiger partial charge is 0.0701 e. The van der Waals surface area contributed by atoms with Crippen molar-refractivity contribution in [1.82, 2.24) is 0 Å². The molecule has 0 radical (unpaired) electrons. The molecule has 0 bridgehead atoms. The standard InChI is InChI=1S/C17H32O/c1-5-14-7-6-8-15(11-14)17(18)10-9-16(3,4)12-13(17)2/h13-15,18H,5-12H2,1-4H3. The second-order valence-corrected chi connectivity index (χ2v) is 7.90. The molecule has 0 spiro atoms. The minimum atomic E-state index is -0.358. The summed E-state index contributed by atoms with van der Waals surface area (Å²) in [6.45, 7) is 9.32. The number of aliphatic hydroxyl groups is 1. The molecule has 18 heavy (non-hydrogen) atoms. The van der Waals surface area contributed by atoms with Crippen molar-refractivity contribution >= 4 is 0 Å². The molecule has 2 saturated carbocycles. The zero-order chi connectivity index (χ0) is 13.4. The van der Waals surface area contributed by atoms with Gasteiger partial charge in [0.25, 0.3) is 0 Å². The molecule has 2 fully saturated rings. The Morgan fingerprint density at radius 1 is 1.17 bits per heavy atom. The molecule has 0 heterocycles. The van der Waals surface area contributed by atoms with Gasteiger partial charge in [-0.3, -0.25) is 0 Å². The minimum Gasteiger partial charge on any atom is -0.389 e. The second kappa shape index (κ2) is 5.15. The predicted molar refractivity (Wildman–Crippen MR) is 77.5 cm³/mol. The summed E-state index contributed by atoms with van der Waals surface area (Å²) in [5.41, 5.74) is 0.0772. The SMILES string of the molecule is CCC1CCCC(C2(O)CCC(C)(C)CC2C)C1. The summed E-state index contributed by atoms with van der Waals surface area (Å²) < 4.78 is 0. The van der Waals surface area contributed by atoms with Gasteiger partial charge in [-0.05, 0) is 55.3 Å². The van der Waals surface area contributed by atoms with Crippen LogP contribution in [0.2, 0.25) is 0 Å². The van der Waals surface area contributed by atoms with Crippen LogP contribution in [0.25, 0.3) is 0 Å². The Hall–Kier alpha value is -0.0400. The number of hydrogen-bond donors (Lipinski definition) is 1. The Kier molecular flexibility index (Phi) is 4.11. The van der Waals surface area contributed by atoms with E-state index in [1.54, 1.807) is 0 Å². The molecular formula is C17H32O. The van der Waals surface area contributed by atoms with Crippen molar-refractivity contribution in [3.63, 3.8) is 0 Å². The summed E-state index contributed by atoms with van der Waals surface area (Å²) >= 11 is 0. The Balaban J connectivity index is 2.06. The van der Waals surface area contributed by atoms with Gasteiger partial charge >= 0.3 is 0 Å². The lowest BCUT2D eigenvalue weighted by Gasteiger charge is -2.51. The highest BCUT2D eigenvalue weighted by Crippen LogP contribution is 2.51. The summed E-state index contributed by atoms with van der Waals surface area (Å²) in [6, 6.07) is 0. The molecule has 0 aliphatic heterocycles. The molecule has 1 N–H and O–H groups in total. The van der Waals surface area contributed by atoms with Gasteiger partial charge in [-0.25, -0.2) is 0 Å². The normalized spacial score (nSPS) is 44.8. The van der Waals surface area contributed by atoms with Gasteiger partial charge in [0.1, 0.15) is 0 Å². The van der Waals surface area contributed by atoms with Crippen LogP contribution < -0.4 is 0 Å². The summed E-state index contributed by atoms with van der Waals surface area (Å²) in [5, 5.41) is 11.2. The third-order valence-corrected chi connectivity index (χ3v) is 5.98. The lowest BCUT2D eigenvalue weighted by molar-refractivity contribution is -0.125. The van der Waals surface area contributed by atoms with E-state index in [0.29, 0.717) is 17.3 Å². The molecule has 2 aliphatic carbocycles. The Labute approximate surface area is 113 Å². The van der Waals surface area contributed by atoms with Crippen LogP contribution in [0.15, 0.2) is 0 Å². The number of rotatable bonds is 2. The molecule has 1 heteroatoms. The Bertz CT molecular complexity index is 283. The van der Waals surface area contributed by atoms with E-state index in [0.717, 1.165) is 12.3 Å². The van der Waals surface area contributed by atoms with Crippen molar-refractivity contribution in [2.75, 3.05) is 0 Å². The van der Waals surface area contributed by atoms with E-state index in [4.69, 9.17) is 0 Å². The quantitative estimate of drug-likeness (QED) is 0.750. The van der Waals surface area contributed by atoms with Gasteiger partial charge in [-0.2, -0.15) is 0 Å². The van der Waals surface area contributed by atoms with Crippen LogP contribution in [0.5, 0.6) is 0 Å². The van der Waals surface area contributed by atoms with Crippen molar-refractivity contribution in [2.45, 2.75) is 84.7 Å². The average molecular weight is 252 g/mol. The highest BCUT2D eigenvalue weighted by atomic mass is 16.3. The van der Waals surface area contributed by atoms with Crippen LogP contribution in [0, 0.1) is 23.2 Å². The van der Waals surface area contributed by atoms with Crippen molar-refractivity contribution in [3.8, 4) is 0 Å². The average Bonchev–Trinajstić information content (AvgIpc) is 2.34. The van der Waals surface area contributed by atoms with Gasteiger partial charge in [0.2, 0.25) is 0 Å². The lowest BCUT2D eigenvalue weighted by atomic mass is 9.58.